The summed E-state index contributed by atoms with van der Waals surface area (Å²) in [5.74, 6) is 0.213. The third-order valence-corrected chi connectivity index (χ3v) is 4.45. The molecule has 0 saturated carbocycles. The maximum Gasteiger partial charge on any atom is 0.421 e. The fourth-order valence-corrected chi connectivity index (χ4v) is 3.00. The van der Waals surface area contributed by atoms with E-state index >= 15 is 0 Å². The van der Waals surface area contributed by atoms with Gasteiger partial charge in [0.2, 0.25) is 0 Å². The Morgan fingerprint density at radius 3 is 2.32 bits per heavy atom. The zero-order chi connectivity index (χ0) is 22.3. The third-order valence-electron chi connectivity index (χ3n) is 4.45. The normalized spacial score (nSPS) is 11.3. The van der Waals surface area contributed by atoms with Gasteiger partial charge >= 0.3 is 12.2 Å². The van der Waals surface area contributed by atoms with Crippen molar-refractivity contribution >= 4 is 11.5 Å². The molecule has 1 aromatic heterocycles. The van der Waals surface area contributed by atoms with E-state index in [0.717, 1.165) is 18.2 Å². The molecule has 0 bridgehead atoms. The fraction of sp³-hybridized carbons (Fsp3) is 0.304. The van der Waals surface area contributed by atoms with E-state index in [0.29, 0.717) is 18.0 Å². The molecule has 3 rings (SSSR count). The van der Waals surface area contributed by atoms with Gasteiger partial charge in [0, 0.05) is 12.7 Å². The molecular formula is C23H24F3N3O2. The zero-order valence-electron chi connectivity index (χ0n) is 17.4. The second kappa shape index (κ2) is 10.1. The summed E-state index contributed by atoms with van der Waals surface area (Å²) < 4.78 is 52.6. The van der Waals surface area contributed by atoms with Gasteiger partial charge < -0.3 is 14.4 Å². The van der Waals surface area contributed by atoms with Crippen molar-refractivity contribution in [3.05, 3.63) is 71.9 Å². The van der Waals surface area contributed by atoms with Crippen molar-refractivity contribution in [2.45, 2.75) is 33.1 Å². The lowest BCUT2D eigenvalue weighted by atomic mass is 10.2. The molecule has 0 aliphatic carbocycles. The molecule has 8 heteroatoms. The van der Waals surface area contributed by atoms with Crippen LogP contribution in [0.4, 0.5) is 24.7 Å². The summed E-state index contributed by atoms with van der Waals surface area (Å²) in [4.78, 5) is 9.40. The molecule has 0 amide bonds. The minimum Gasteiger partial charge on any atom is -0.491 e. The smallest absolute Gasteiger partial charge is 0.421 e. The van der Waals surface area contributed by atoms with Crippen LogP contribution >= 0.6 is 0 Å². The molecule has 0 saturated heterocycles. The molecule has 0 aliphatic rings. The highest BCUT2D eigenvalue weighted by atomic mass is 19.4. The number of ether oxygens (including phenoxy) is 2. The molecule has 164 valence electrons. The Morgan fingerprint density at radius 1 is 0.935 bits per heavy atom. The van der Waals surface area contributed by atoms with Crippen LogP contribution in [0.25, 0.3) is 0 Å². The Bertz CT molecular complexity index is 981. The van der Waals surface area contributed by atoms with E-state index in [4.69, 9.17) is 9.47 Å². The van der Waals surface area contributed by atoms with Crippen LogP contribution in [0.3, 0.4) is 0 Å². The van der Waals surface area contributed by atoms with Crippen LogP contribution in [-0.2, 0) is 12.8 Å². The van der Waals surface area contributed by atoms with Crippen LogP contribution in [0.5, 0.6) is 11.8 Å². The van der Waals surface area contributed by atoms with Crippen molar-refractivity contribution in [1.29, 1.82) is 0 Å². The van der Waals surface area contributed by atoms with Crippen LogP contribution < -0.4 is 14.4 Å². The summed E-state index contributed by atoms with van der Waals surface area (Å²) in [6, 6.07) is 16.1. The number of halogens is 3. The van der Waals surface area contributed by atoms with Gasteiger partial charge in [-0.3, -0.25) is 0 Å². The standard InChI is InChI=1S/C23H24F3N3O2/c1-3-14-30-20-13-9-8-12-19(20)29(4-2)21-18(23(24,25)26)15-27-22(28-21)31-16-17-10-6-5-7-11-17/h5-13,15H,3-4,14,16H2,1-2H3. The number of anilines is 2. The first kappa shape index (κ1) is 22.4. The molecule has 0 atom stereocenters. The number of alkyl halides is 3. The van der Waals surface area contributed by atoms with E-state index in [1.54, 1.807) is 31.2 Å². The first-order valence-electron chi connectivity index (χ1n) is 10.0. The van der Waals surface area contributed by atoms with Gasteiger partial charge in [-0.2, -0.15) is 18.2 Å². The molecule has 31 heavy (non-hydrogen) atoms. The summed E-state index contributed by atoms with van der Waals surface area (Å²) in [7, 11) is 0. The van der Waals surface area contributed by atoms with Gasteiger partial charge in [0.1, 0.15) is 17.9 Å². The first-order valence-corrected chi connectivity index (χ1v) is 10.0. The predicted molar refractivity (Wildman–Crippen MR) is 113 cm³/mol. The van der Waals surface area contributed by atoms with Crippen LogP contribution in [-0.4, -0.2) is 23.1 Å². The second-order valence-electron chi connectivity index (χ2n) is 6.72. The SMILES string of the molecule is CCCOc1ccccc1N(CC)c1nc(OCc2ccccc2)ncc1C(F)(F)F. The summed E-state index contributed by atoms with van der Waals surface area (Å²) in [5, 5.41) is 0. The molecule has 0 spiro atoms. The van der Waals surface area contributed by atoms with Gasteiger partial charge in [0.05, 0.1) is 12.3 Å². The molecule has 0 fully saturated rings. The van der Waals surface area contributed by atoms with Crippen molar-refractivity contribution in [3.8, 4) is 11.8 Å². The molecule has 5 nitrogen and oxygen atoms in total. The minimum absolute atomic E-state index is 0.128. The predicted octanol–water partition coefficient (Wildman–Crippen LogP) is 6.02. The van der Waals surface area contributed by atoms with Crippen molar-refractivity contribution in [2.75, 3.05) is 18.1 Å². The van der Waals surface area contributed by atoms with Gasteiger partial charge in [0.15, 0.2) is 5.82 Å². The first-order chi connectivity index (χ1) is 14.9. The number of rotatable bonds is 9. The number of nitrogens with zero attached hydrogens (tertiary/aromatic N) is 3. The topological polar surface area (TPSA) is 47.5 Å². The lowest BCUT2D eigenvalue weighted by Gasteiger charge is -2.27. The summed E-state index contributed by atoms with van der Waals surface area (Å²) in [6.07, 6.45) is -3.08. The molecule has 0 unspecified atom stereocenters. The van der Waals surface area contributed by atoms with Crippen LogP contribution in [0, 0.1) is 0 Å². The van der Waals surface area contributed by atoms with E-state index in [-0.39, 0.29) is 25.0 Å². The highest BCUT2D eigenvalue weighted by Crippen LogP contribution is 2.40. The number of hydrogen-bond donors (Lipinski definition) is 0. The number of benzene rings is 2. The summed E-state index contributed by atoms with van der Waals surface area (Å²) in [6.45, 7) is 4.56. The number of hydrogen-bond acceptors (Lipinski definition) is 5. The number of para-hydroxylation sites is 2. The van der Waals surface area contributed by atoms with Gasteiger partial charge in [0.25, 0.3) is 0 Å². The van der Waals surface area contributed by atoms with Crippen LogP contribution in [0.1, 0.15) is 31.4 Å². The molecule has 0 radical (unpaired) electrons. The lowest BCUT2D eigenvalue weighted by molar-refractivity contribution is -0.137. The van der Waals surface area contributed by atoms with Crippen LogP contribution in [0.15, 0.2) is 60.8 Å². The van der Waals surface area contributed by atoms with E-state index in [2.05, 4.69) is 9.97 Å². The van der Waals surface area contributed by atoms with Gasteiger partial charge in [-0.25, -0.2) is 4.98 Å². The maximum absolute atomic E-state index is 13.8. The monoisotopic (exact) mass is 431 g/mol. The minimum atomic E-state index is -4.63. The lowest BCUT2D eigenvalue weighted by Crippen LogP contribution is -2.23. The van der Waals surface area contributed by atoms with Crippen molar-refractivity contribution < 1.29 is 22.6 Å². The maximum atomic E-state index is 13.8. The molecule has 0 aliphatic heterocycles. The molecule has 3 aromatic rings. The van der Waals surface area contributed by atoms with Crippen molar-refractivity contribution in [1.82, 2.24) is 9.97 Å². The fourth-order valence-electron chi connectivity index (χ4n) is 3.00. The zero-order valence-corrected chi connectivity index (χ0v) is 17.4. The highest BCUT2D eigenvalue weighted by molar-refractivity contribution is 5.69. The van der Waals surface area contributed by atoms with E-state index in [1.807, 2.05) is 37.3 Å². The largest absolute Gasteiger partial charge is 0.491 e. The van der Waals surface area contributed by atoms with Gasteiger partial charge in [-0.05, 0) is 31.0 Å². The average Bonchev–Trinajstić information content (AvgIpc) is 2.77. The molecule has 2 aromatic carbocycles. The van der Waals surface area contributed by atoms with E-state index < -0.39 is 11.7 Å². The Kier molecular flexibility index (Phi) is 7.33. The average molecular weight is 431 g/mol. The Morgan fingerprint density at radius 2 is 1.65 bits per heavy atom. The van der Waals surface area contributed by atoms with Crippen molar-refractivity contribution in [2.24, 2.45) is 0 Å². The van der Waals surface area contributed by atoms with Gasteiger partial charge in [-0.1, -0.05) is 49.4 Å². The van der Waals surface area contributed by atoms with Crippen LogP contribution in [0.2, 0.25) is 0 Å². The Labute approximate surface area is 179 Å². The summed E-state index contributed by atoms with van der Waals surface area (Å²) in [5.41, 5.74) is 0.418. The van der Waals surface area contributed by atoms with E-state index in [1.165, 1.54) is 4.90 Å². The molecule has 1 heterocycles. The summed E-state index contributed by atoms with van der Waals surface area (Å²) >= 11 is 0. The van der Waals surface area contributed by atoms with Crippen molar-refractivity contribution in [3.63, 3.8) is 0 Å². The van der Waals surface area contributed by atoms with E-state index in [9.17, 15) is 13.2 Å². The number of aromatic nitrogens is 2. The third kappa shape index (κ3) is 5.65. The Balaban J connectivity index is 1.99. The Hall–Kier alpha value is -3.29. The molecule has 0 N–H and O–H groups in total. The molecular weight excluding hydrogens is 407 g/mol. The van der Waals surface area contributed by atoms with Gasteiger partial charge in [-0.15, -0.1) is 0 Å². The second-order valence-corrected chi connectivity index (χ2v) is 6.72. The highest BCUT2D eigenvalue weighted by Gasteiger charge is 2.37. The quantitative estimate of drug-likeness (QED) is 0.415.